The zero-order chi connectivity index (χ0) is 14.8. The number of hydrogen-bond donors (Lipinski definition) is 2. The van der Waals surface area contributed by atoms with E-state index in [0.717, 1.165) is 23.4 Å². The number of ether oxygens (including phenoxy) is 1. The summed E-state index contributed by atoms with van der Waals surface area (Å²) in [5, 5.41) is 13.3. The van der Waals surface area contributed by atoms with Gasteiger partial charge in [0.1, 0.15) is 12.4 Å². The number of nitrogens with one attached hydrogen (secondary N) is 2. The molecule has 1 aliphatic heterocycles. The van der Waals surface area contributed by atoms with Crippen LogP contribution in [0, 0.1) is 6.92 Å². The van der Waals surface area contributed by atoms with Crippen molar-refractivity contribution in [1.82, 2.24) is 20.3 Å². The number of carbonyl (C=O) groups is 1. The van der Waals surface area contributed by atoms with Crippen molar-refractivity contribution in [3.63, 3.8) is 0 Å². The van der Waals surface area contributed by atoms with Crippen molar-refractivity contribution < 1.29 is 9.53 Å². The summed E-state index contributed by atoms with van der Waals surface area (Å²) in [6.07, 6.45) is 0.753. The summed E-state index contributed by atoms with van der Waals surface area (Å²) in [4.78, 5) is 12.0. The Morgan fingerprint density at radius 3 is 3.00 bits per heavy atom. The van der Waals surface area contributed by atoms with Crippen LogP contribution in [0.5, 0.6) is 5.75 Å². The van der Waals surface area contributed by atoms with Crippen LogP contribution in [0.3, 0.4) is 0 Å². The number of anilines is 1. The summed E-state index contributed by atoms with van der Waals surface area (Å²) in [7, 11) is 1.78. The lowest BCUT2D eigenvalue weighted by atomic mass is 10.0. The van der Waals surface area contributed by atoms with E-state index in [-0.39, 0.29) is 12.1 Å². The molecule has 3 rings (SSSR count). The number of aryl methyl sites for hydroxylation is 1. The summed E-state index contributed by atoms with van der Waals surface area (Å²) in [5.41, 5.74) is 1.90. The maximum atomic E-state index is 12.0. The van der Waals surface area contributed by atoms with Gasteiger partial charge in [0.05, 0.1) is 11.7 Å². The third kappa shape index (κ3) is 2.81. The molecule has 1 aliphatic rings. The molecule has 7 heteroatoms. The Kier molecular flexibility index (Phi) is 3.47. The quantitative estimate of drug-likeness (QED) is 0.871. The number of carbonyl (C=O) groups excluding carboxylic acids is 1. The van der Waals surface area contributed by atoms with Crippen molar-refractivity contribution in [2.24, 2.45) is 7.05 Å². The molecule has 2 heterocycles. The van der Waals surface area contributed by atoms with Gasteiger partial charge in [0, 0.05) is 7.05 Å². The predicted octanol–water partition coefficient (Wildman–Crippen LogP) is 1.25. The van der Waals surface area contributed by atoms with E-state index in [1.807, 2.05) is 31.2 Å². The van der Waals surface area contributed by atoms with Crippen LogP contribution in [0.25, 0.3) is 0 Å². The van der Waals surface area contributed by atoms with Crippen LogP contribution in [-0.2, 0) is 13.5 Å². The lowest BCUT2D eigenvalue weighted by Gasteiger charge is -2.25. The first-order valence-corrected chi connectivity index (χ1v) is 6.78. The molecule has 21 heavy (non-hydrogen) atoms. The number of urea groups is 1. The molecule has 110 valence electrons. The molecule has 0 fully saturated rings. The van der Waals surface area contributed by atoms with Gasteiger partial charge in [0.25, 0.3) is 0 Å². The lowest BCUT2D eigenvalue weighted by molar-refractivity contribution is 0.222. The topological polar surface area (TPSA) is 81.1 Å². The van der Waals surface area contributed by atoms with Gasteiger partial charge < -0.3 is 10.1 Å². The third-order valence-electron chi connectivity index (χ3n) is 3.55. The molecule has 1 unspecified atom stereocenters. The Morgan fingerprint density at radius 2 is 2.24 bits per heavy atom. The molecule has 7 nitrogen and oxygen atoms in total. The standard InChI is InChI=1S/C14H17N5O2/c1-9-13(17-18-19(9)2)16-14(20)15-11-7-10-5-3-4-6-12(10)21-8-11/h3-6,11H,7-8H2,1-2H3,(H2,15,16,20). The first kappa shape index (κ1) is 13.4. The second-order valence-electron chi connectivity index (χ2n) is 5.07. The molecule has 0 spiro atoms. The normalized spacial score (nSPS) is 16.8. The highest BCUT2D eigenvalue weighted by Crippen LogP contribution is 2.23. The second-order valence-corrected chi connectivity index (χ2v) is 5.07. The highest BCUT2D eigenvalue weighted by Gasteiger charge is 2.21. The lowest BCUT2D eigenvalue weighted by Crippen LogP contribution is -2.44. The summed E-state index contributed by atoms with van der Waals surface area (Å²) >= 11 is 0. The van der Waals surface area contributed by atoms with Crippen molar-refractivity contribution in [2.75, 3.05) is 11.9 Å². The predicted molar refractivity (Wildman–Crippen MR) is 77.3 cm³/mol. The van der Waals surface area contributed by atoms with Crippen molar-refractivity contribution in [3.8, 4) is 5.75 Å². The fourth-order valence-corrected chi connectivity index (χ4v) is 2.27. The van der Waals surface area contributed by atoms with Gasteiger partial charge in [-0.05, 0) is 25.0 Å². The fraction of sp³-hybridized carbons (Fsp3) is 0.357. The third-order valence-corrected chi connectivity index (χ3v) is 3.55. The van der Waals surface area contributed by atoms with E-state index in [9.17, 15) is 4.79 Å². The van der Waals surface area contributed by atoms with Crippen LogP contribution in [-0.4, -0.2) is 33.7 Å². The Morgan fingerprint density at radius 1 is 1.43 bits per heavy atom. The summed E-state index contributed by atoms with van der Waals surface area (Å²) < 4.78 is 7.25. The first-order valence-electron chi connectivity index (χ1n) is 6.78. The molecule has 0 radical (unpaired) electrons. The van der Waals surface area contributed by atoms with E-state index >= 15 is 0 Å². The highest BCUT2D eigenvalue weighted by atomic mass is 16.5. The summed E-state index contributed by atoms with van der Waals surface area (Å²) in [5.74, 6) is 1.35. The van der Waals surface area contributed by atoms with Crippen molar-refractivity contribution in [1.29, 1.82) is 0 Å². The molecule has 2 amide bonds. The van der Waals surface area contributed by atoms with Crippen LogP contribution in [0.15, 0.2) is 24.3 Å². The van der Waals surface area contributed by atoms with Gasteiger partial charge in [0.15, 0.2) is 5.82 Å². The number of rotatable bonds is 2. The number of nitrogens with zero attached hydrogens (tertiary/aromatic N) is 3. The molecule has 1 aromatic carbocycles. The molecular weight excluding hydrogens is 270 g/mol. The molecule has 0 saturated heterocycles. The number of fused-ring (bicyclic) bond motifs is 1. The van der Waals surface area contributed by atoms with Gasteiger partial charge in [-0.1, -0.05) is 23.4 Å². The Labute approximate surface area is 122 Å². The highest BCUT2D eigenvalue weighted by molar-refractivity contribution is 5.88. The van der Waals surface area contributed by atoms with Crippen LogP contribution >= 0.6 is 0 Å². The van der Waals surface area contributed by atoms with Crippen molar-refractivity contribution >= 4 is 11.8 Å². The molecule has 0 saturated carbocycles. The van der Waals surface area contributed by atoms with Gasteiger partial charge in [-0.3, -0.25) is 10.00 Å². The van der Waals surface area contributed by atoms with E-state index in [0.29, 0.717) is 12.4 Å². The van der Waals surface area contributed by atoms with E-state index in [1.165, 1.54) is 0 Å². The van der Waals surface area contributed by atoms with Gasteiger partial charge in [-0.2, -0.15) is 0 Å². The zero-order valence-corrected chi connectivity index (χ0v) is 12.0. The van der Waals surface area contributed by atoms with Crippen LogP contribution in [0.2, 0.25) is 0 Å². The van der Waals surface area contributed by atoms with E-state index < -0.39 is 0 Å². The molecule has 2 aromatic rings. The van der Waals surface area contributed by atoms with Crippen LogP contribution in [0.4, 0.5) is 10.6 Å². The maximum absolute atomic E-state index is 12.0. The van der Waals surface area contributed by atoms with Gasteiger partial charge in [-0.15, -0.1) is 5.10 Å². The SMILES string of the molecule is Cc1c(NC(=O)NC2COc3ccccc3C2)nnn1C. The summed E-state index contributed by atoms with van der Waals surface area (Å²) in [6.45, 7) is 2.31. The molecule has 2 N–H and O–H groups in total. The van der Waals surface area contributed by atoms with Gasteiger partial charge in [0.2, 0.25) is 0 Å². The molecule has 1 aromatic heterocycles. The monoisotopic (exact) mass is 287 g/mol. The smallest absolute Gasteiger partial charge is 0.320 e. The molecule has 1 atom stereocenters. The number of para-hydroxylation sites is 1. The van der Waals surface area contributed by atoms with E-state index in [1.54, 1.807) is 11.7 Å². The van der Waals surface area contributed by atoms with Crippen molar-refractivity contribution in [3.05, 3.63) is 35.5 Å². The zero-order valence-electron chi connectivity index (χ0n) is 12.0. The number of aromatic nitrogens is 3. The Hall–Kier alpha value is -2.57. The minimum atomic E-state index is -0.299. The van der Waals surface area contributed by atoms with E-state index in [4.69, 9.17) is 4.74 Å². The van der Waals surface area contributed by atoms with Gasteiger partial charge >= 0.3 is 6.03 Å². The van der Waals surface area contributed by atoms with Crippen molar-refractivity contribution in [2.45, 2.75) is 19.4 Å². The average molecular weight is 287 g/mol. The number of amides is 2. The minimum absolute atomic E-state index is 0.0584. The fourth-order valence-electron chi connectivity index (χ4n) is 2.27. The second kappa shape index (κ2) is 5.43. The Balaban J connectivity index is 1.60. The number of hydrogen-bond acceptors (Lipinski definition) is 4. The van der Waals surface area contributed by atoms with E-state index in [2.05, 4.69) is 20.9 Å². The molecule has 0 aliphatic carbocycles. The Bertz CT molecular complexity index is 667. The minimum Gasteiger partial charge on any atom is -0.491 e. The molecular formula is C14H17N5O2. The average Bonchev–Trinajstić information content (AvgIpc) is 2.79. The largest absolute Gasteiger partial charge is 0.491 e. The maximum Gasteiger partial charge on any atom is 0.320 e. The van der Waals surface area contributed by atoms with Crippen LogP contribution < -0.4 is 15.4 Å². The first-order chi connectivity index (χ1) is 10.1. The number of benzene rings is 1. The summed E-state index contributed by atoms with van der Waals surface area (Å²) in [6, 6.07) is 7.50. The van der Waals surface area contributed by atoms with Crippen LogP contribution in [0.1, 0.15) is 11.3 Å². The molecule has 0 bridgehead atoms. The van der Waals surface area contributed by atoms with Gasteiger partial charge in [-0.25, -0.2) is 4.79 Å².